The van der Waals surface area contributed by atoms with E-state index in [1.807, 2.05) is 24.3 Å². The molecule has 0 aliphatic carbocycles. The summed E-state index contributed by atoms with van der Waals surface area (Å²) >= 11 is 0. The minimum absolute atomic E-state index is 0.304. The summed E-state index contributed by atoms with van der Waals surface area (Å²) in [5, 5.41) is 20.1. The van der Waals surface area contributed by atoms with E-state index >= 15 is 0 Å². The first kappa shape index (κ1) is 16.6. The van der Waals surface area contributed by atoms with Gasteiger partial charge in [0.05, 0.1) is 23.0 Å². The number of fused-ring (bicyclic) bond motifs is 1. The molecule has 6 nitrogen and oxygen atoms in total. The number of nitriles is 1. The lowest BCUT2D eigenvalue weighted by Gasteiger charge is -2.05. The lowest BCUT2D eigenvalue weighted by atomic mass is 10.1. The van der Waals surface area contributed by atoms with Crippen molar-refractivity contribution in [3.63, 3.8) is 0 Å². The number of aromatic nitrogens is 3. The van der Waals surface area contributed by atoms with Gasteiger partial charge in [0.1, 0.15) is 0 Å². The van der Waals surface area contributed by atoms with Gasteiger partial charge in [0.2, 0.25) is 0 Å². The first-order valence-electron chi connectivity index (χ1n) is 8.65. The number of carbonyl (C=O) groups excluding carboxylic acids is 1. The number of H-pyrrole nitrogens is 1. The van der Waals surface area contributed by atoms with E-state index in [2.05, 4.69) is 45.2 Å². The van der Waals surface area contributed by atoms with Crippen LogP contribution in [0.15, 0.2) is 60.7 Å². The lowest BCUT2D eigenvalue weighted by Crippen LogP contribution is -2.12. The van der Waals surface area contributed by atoms with E-state index in [4.69, 9.17) is 5.26 Å². The van der Waals surface area contributed by atoms with Gasteiger partial charge >= 0.3 is 0 Å². The van der Waals surface area contributed by atoms with Crippen molar-refractivity contribution < 1.29 is 4.79 Å². The molecule has 4 aromatic rings. The minimum Gasteiger partial charge on any atom is -0.340 e. The molecule has 0 atom stereocenters. The highest BCUT2D eigenvalue weighted by molar-refractivity contribution is 6.04. The first-order chi connectivity index (χ1) is 13.2. The smallest absolute Gasteiger partial charge is 0.256 e. The van der Waals surface area contributed by atoms with E-state index in [-0.39, 0.29) is 5.91 Å². The van der Waals surface area contributed by atoms with Crippen LogP contribution in [0.2, 0.25) is 0 Å². The van der Waals surface area contributed by atoms with E-state index in [0.29, 0.717) is 16.9 Å². The molecule has 4 rings (SSSR count). The predicted octanol–water partition coefficient (Wildman–Crippen LogP) is 4.18. The molecule has 132 valence electrons. The number of aryl methyl sites for hydroxylation is 1. The fourth-order valence-electron chi connectivity index (χ4n) is 3.21. The third kappa shape index (κ3) is 3.07. The van der Waals surface area contributed by atoms with Gasteiger partial charge in [-0.05, 0) is 37.3 Å². The molecule has 2 aromatic carbocycles. The van der Waals surface area contributed by atoms with Crippen molar-refractivity contribution in [3.8, 4) is 17.5 Å². The van der Waals surface area contributed by atoms with E-state index < -0.39 is 0 Å². The summed E-state index contributed by atoms with van der Waals surface area (Å²) in [6.07, 6.45) is 0. The monoisotopic (exact) mass is 355 g/mol. The molecule has 0 aliphatic heterocycles. The van der Waals surface area contributed by atoms with Gasteiger partial charge < -0.3 is 9.88 Å². The predicted molar refractivity (Wildman–Crippen MR) is 104 cm³/mol. The molecule has 2 heterocycles. The summed E-state index contributed by atoms with van der Waals surface area (Å²) in [5.74, 6) is 0.131. The van der Waals surface area contributed by atoms with Crippen LogP contribution in [0.1, 0.15) is 22.8 Å². The van der Waals surface area contributed by atoms with Gasteiger partial charge in [-0.2, -0.15) is 10.4 Å². The summed E-state index contributed by atoms with van der Waals surface area (Å²) in [6.45, 7) is 2.92. The van der Waals surface area contributed by atoms with Crippen molar-refractivity contribution in [1.29, 1.82) is 5.26 Å². The van der Waals surface area contributed by atoms with Crippen molar-refractivity contribution >= 4 is 22.6 Å². The van der Waals surface area contributed by atoms with Gasteiger partial charge in [-0.1, -0.05) is 24.3 Å². The Labute approximate surface area is 156 Å². The number of aromatic amines is 1. The fourth-order valence-corrected chi connectivity index (χ4v) is 3.21. The molecule has 0 aliphatic rings. The topological polar surface area (TPSA) is 86.5 Å². The van der Waals surface area contributed by atoms with Crippen molar-refractivity contribution in [3.05, 3.63) is 71.8 Å². The number of rotatable bonds is 4. The summed E-state index contributed by atoms with van der Waals surface area (Å²) in [7, 11) is 0. The Morgan fingerprint density at radius 2 is 2.04 bits per heavy atom. The van der Waals surface area contributed by atoms with Crippen LogP contribution in [-0.4, -0.2) is 20.7 Å². The van der Waals surface area contributed by atoms with Crippen LogP contribution in [0.25, 0.3) is 22.3 Å². The molecular weight excluding hydrogens is 338 g/mol. The summed E-state index contributed by atoms with van der Waals surface area (Å²) in [6, 6.07) is 20.7. The number of benzene rings is 2. The highest BCUT2D eigenvalue weighted by Crippen LogP contribution is 2.28. The van der Waals surface area contributed by atoms with Crippen LogP contribution < -0.4 is 5.32 Å². The SMILES string of the molecule is CCn1c(-c2cc(NC(=O)c3cccc(C#N)c3)n[nH]2)cc2ccccc21. The maximum Gasteiger partial charge on any atom is 0.256 e. The van der Waals surface area contributed by atoms with Crippen molar-refractivity contribution in [2.45, 2.75) is 13.5 Å². The van der Waals surface area contributed by atoms with Crippen LogP contribution in [-0.2, 0) is 6.54 Å². The third-order valence-corrected chi connectivity index (χ3v) is 4.48. The van der Waals surface area contributed by atoms with Gasteiger partial charge in [-0.15, -0.1) is 0 Å². The molecule has 6 heteroatoms. The zero-order valence-corrected chi connectivity index (χ0v) is 14.7. The van der Waals surface area contributed by atoms with Gasteiger partial charge in [0.15, 0.2) is 5.82 Å². The Morgan fingerprint density at radius 1 is 1.19 bits per heavy atom. The highest BCUT2D eigenvalue weighted by Gasteiger charge is 2.14. The first-order valence-corrected chi connectivity index (χ1v) is 8.65. The molecule has 0 bridgehead atoms. The molecule has 0 saturated carbocycles. The molecule has 0 unspecified atom stereocenters. The normalized spacial score (nSPS) is 10.7. The Bertz CT molecular complexity index is 1180. The maximum absolute atomic E-state index is 12.4. The number of para-hydroxylation sites is 1. The molecular formula is C21H17N5O. The number of hydrogen-bond acceptors (Lipinski definition) is 3. The van der Waals surface area contributed by atoms with Crippen LogP contribution in [0.5, 0.6) is 0 Å². The van der Waals surface area contributed by atoms with E-state index in [0.717, 1.165) is 28.8 Å². The Morgan fingerprint density at radius 3 is 2.85 bits per heavy atom. The van der Waals surface area contributed by atoms with E-state index in [1.165, 1.54) is 0 Å². The van der Waals surface area contributed by atoms with Crippen molar-refractivity contribution in [2.24, 2.45) is 0 Å². The molecule has 0 spiro atoms. The second-order valence-electron chi connectivity index (χ2n) is 6.15. The Kier molecular flexibility index (Phi) is 4.19. The third-order valence-electron chi connectivity index (χ3n) is 4.48. The van der Waals surface area contributed by atoms with Crippen molar-refractivity contribution in [1.82, 2.24) is 14.8 Å². The van der Waals surface area contributed by atoms with Gasteiger partial charge in [-0.3, -0.25) is 9.89 Å². The van der Waals surface area contributed by atoms with Crippen LogP contribution in [0.3, 0.4) is 0 Å². The summed E-state index contributed by atoms with van der Waals surface area (Å²) in [5.41, 5.74) is 3.86. The zero-order valence-electron chi connectivity index (χ0n) is 14.7. The largest absolute Gasteiger partial charge is 0.340 e. The quantitative estimate of drug-likeness (QED) is 0.576. The van der Waals surface area contributed by atoms with Gasteiger partial charge in [-0.25, -0.2) is 0 Å². The highest BCUT2D eigenvalue weighted by atomic mass is 16.1. The van der Waals surface area contributed by atoms with Crippen molar-refractivity contribution in [2.75, 3.05) is 5.32 Å². The van der Waals surface area contributed by atoms with E-state index in [1.54, 1.807) is 24.3 Å². The average Bonchev–Trinajstić information content (AvgIpc) is 3.31. The molecule has 2 N–H and O–H groups in total. The molecule has 2 aromatic heterocycles. The second-order valence-corrected chi connectivity index (χ2v) is 6.15. The number of amides is 1. The van der Waals surface area contributed by atoms with Crippen LogP contribution >= 0.6 is 0 Å². The number of nitrogens with one attached hydrogen (secondary N) is 2. The standard InChI is InChI=1S/C21H17N5O/c1-2-26-18-9-4-3-7-15(18)11-19(26)17-12-20(25-24-17)23-21(27)16-8-5-6-14(10-16)13-22/h3-12H,2H2,1H3,(H2,23,24,25,27). The maximum atomic E-state index is 12.4. The summed E-state index contributed by atoms with van der Waals surface area (Å²) < 4.78 is 2.20. The number of nitrogens with zero attached hydrogens (tertiary/aromatic N) is 3. The Balaban J connectivity index is 1.62. The molecule has 27 heavy (non-hydrogen) atoms. The van der Waals surface area contributed by atoms with Crippen LogP contribution in [0, 0.1) is 11.3 Å². The van der Waals surface area contributed by atoms with Gasteiger partial charge in [0, 0.05) is 29.1 Å². The fraction of sp³-hybridized carbons (Fsp3) is 0.0952. The molecule has 1 amide bonds. The van der Waals surface area contributed by atoms with Crippen LogP contribution in [0.4, 0.5) is 5.82 Å². The molecule has 0 saturated heterocycles. The Hall–Kier alpha value is -3.85. The molecule has 0 radical (unpaired) electrons. The number of carbonyl (C=O) groups is 1. The average molecular weight is 355 g/mol. The summed E-state index contributed by atoms with van der Waals surface area (Å²) in [4.78, 5) is 12.4. The molecule has 0 fully saturated rings. The lowest BCUT2D eigenvalue weighted by molar-refractivity contribution is 0.102. The second kappa shape index (κ2) is 6.81. The van der Waals surface area contributed by atoms with Gasteiger partial charge in [0.25, 0.3) is 5.91 Å². The minimum atomic E-state index is -0.304. The zero-order chi connectivity index (χ0) is 18.8. The number of hydrogen-bond donors (Lipinski definition) is 2. The number of anilines is 1. The van der Waals surface area contributed by atoms with E-state index in [9.17, 15) is 4.79 Å².